The van der Waals surface area contributed by atoms with Crippen LogP contribution in [0.3, 0.4) is 0 Å². The van der Waals surface area contributed by atoms with Crippen LogP contribution in [0.1, 0.15) is 18.4 Å². The third-order valence-corrected chi connectivity index (χ3v) is 4.56. The Bertz CT molecular complexity index is 457. The number of rotatable bonds is 7. The summed E-state index contributed by atoms with van der Waals surface area (Å²) in [7, 11) is 1.91. The van der Waals surface area contributed by atoms with E-state index < -0.39 is 0 Å². The zero-order valence-corrected chi connectivity index (χ0v) is 16.0. The number of benzene rings is 1. The SMILES string of the molecule is CNCCCC(=O)Nc1ccccc1CN1CCSCC1.Cl.Cl. The molecule has 0 unspecified atom stereocenters. The lowest BCUT2D eigenvalue weighted by atomic mass is 10.1. The normalized spacial score (nSPS) is 14.5. The number of carbonyl (C=O) groups is 1. The van der Waals surface area contributed by atoms with E-state index in [0.717, 1.165) is 38.3 Å². The van der Waals surface area contributed by atoms with Crippen LogP contribution in [-0.4, -0.2) is 49.0 Å². The molecule has 1 saturated heterocycles. The molecule has 23 heavy (non-hydrogen) atoms. The molecule has 1 aliphatic heterocycles. The van der Waals surface area contributed by atoms with E-state index in [9.17, 15) is 4.79 Å². The minimum absolute atomic E-state index is 0. The number of nitrogens with one attached hydrogen (secondary N) is 2. The van der Waals surface area contributed by atoms with Gasteiger partial charge in [-0.25, -0.2) is 0 Å². The second kappa shape index (κ2) is 12.9. The minimum atomic E-state index is 0. The molecule has 1 heterocycles. The number of hydrogen-bond donors (Lipinski definition) is 2. The summed E-state index contributed by atoms with van der Waals surface area (Å²) in [6, 6.07) is 8.15. The largest absolute Gasteiger partial charge is 0.326 e. The molecule has 1 aliphatic rings. The highest BCUT2D eigenvalue weighted by atomic mass is 35.5. The Kier molecular flexibility index (Phi) is 12.6. The Morgan fingerprint density at radius 2 is 1.91 bits per heavy atom. The van der Waals surface area contributed by atoms with Gasteiger partial charge in [0.05, 0.1) is 0 Å². The molecule has 0 saturated carbocycles. The van der Waals surface area contributed by atoms with E-state index in [2.05, 4.69) is 21.6 Å². The number of nitrogens with zero attached hydrogens (tertiary/aromatic N) is 1. The first kappa shape index (κ1) is 22.5. The van der Waals surface area contributed by atoms with Gasteiger partial charge in [-0.1, -0.05) is 18.2 Å². The maximum atomic E-state index is 12.0. The van der Waals surface area contributed by atoms with E-state index in [1.165, 1.54) is 17.1 Å². The zero-order valence-electron chi connectivity index (χ0n) is 13.5. The van der Waals surface area contributed by atoms with Crippen molar-refractivity contribution in [1.29, 1.82) is 0 Å². The van der Waals surface area contributed by atoms with E-state index in [1.807, 2.05) is 37.0 Å². The standard InChI is InChI=1S/C16H25N3OS.2ClH/c1-17-8-4-7-16(20)18-15-6-3-2-5-14(15)13-19-9-11-21-12-10-19;;/h2-3,5-6,17H,4,7-13H2,1H3,(H,18,20);2*1H. The van der Waals surface area contributed by atoms with E-state index in [0.29, 0.717) is 6.42 Å². The number of hydrogen-bond acceptors (Lipinski definition) is 4. The molecule has 2 rings (SSSR count). The maximum Gasteiger partial charge on any atom is 0.224 e. The highest BCUT2D eigenvalue weighted by molar-refractivity contribution is 7.99. The highest BCUT2D eigenvalue weighted by Crippen LogP contribution is 2.19. The van der Waals surface area contributed by atoms with Gasteiger partial charge in [0.1, 0.15) is 0 Å². The smallest absolute Gasteiger partial charge is 0.224 e. The highest BCUT2D eigenvalue weighted by Gasteiger charge is 2.13. The van der Waals surface area contributed by atoms with Gasteiger partial charge in [-0.15, -0.1) is 24.8 Å². The van der Waals surface area contributed by atoms with Crippen molar-refractivity contribution in [2.75, 3.05) is 43.5 Å². The number of amides is 1. The van der Waals surface area contributed by atoms with Crippen LogP contribution in [0.2, 0.25) is 0 Å². The summed E-state index contributed by atoms with van der Waals surface area (Å²) >= 11 is 2.02. The lowest BCUT2D eigenvalue weighted by Gasteiger charge is -2.27. The zero-order chi connectivity index (χ0) is 14.9. The van der Waals surface area contributed by atoms with Crippen LogP contribution in [0.4, 0.5) is 5.69 Å². The number of halogens is 2. The van der Waals surface area contributed by atoms with Crippen molar-refractivity contribution in [2.24, 2.45) is 0 Å². The Labute approximate surface area is 156 Å². The predicted octanol–water partition coefficient (Wildman–Crippen LogP) is 3.02. The predicted molar refractivity (Wildman–Crippen MR) is 105 cm³/mol. The van der Waals surface area contributed by atoms with E-state index in [-0.39, 0.29) is 30.7 Å². The molecule has 1 fully saturated rings. The molecule has 0 bridgehead atoms. The van der Waals surface area contributed by atoms with E-state index in [1.54, 1.807) is 0 Å². The van der Waals surface area contributed by atoms with Crippen LogP contribution in [0.5, 0.6) is 0 Å². The van der Waals surface area contributed by atoms with Crippen molar-refractivity contribution < 1.29 is 4.79 Å². The van der Waals surface area contributed by atoms with Crippen LogP contribution in [0.25, 0.3) is 0 Å². The number of anilines is 1. The van der Waals surface area contributed by atoms with Crippen molar-refractivity contribution >= 4 is 48.2 Å². The molecule has 1 amide bonds. The average Bonchev–Trinajstić information content (AvgIpc) is 2.51. The monoisotopic (exact) mass is 379 g/mol. The summed E-state index contributed by atoms with van der Waals surface area (Å²) in [6.07, 6.45) is 1.43. The molecule has 0 aliphatic carbocycles. The third-order valence-electron chi connectivity index (χ3n) is 3.62. The van der Waals surface area contributed by atoms with Gasteiger partial charge in [0.15, 0.2) is 0 Å². The fraction of sp³-hybridized carbons (Fsp3) is 0.562. The summed E-state index contributed by atoms with van der Waals surface area (Å²) in [5, 5.41) is 6.12. The minimum Gasteiger partial charge on any atom is -0.326 e. The topological polar surface area (TPSA) is 44.4 Å². The first-order chi connectivity index (χ1) is 10.3. The molecular weight excluding hydrogens is 353 g/mol. The van der Waals surface area contributed by atoms with Crippen LogP contribution in [0.15, 0.2) is 24.3 Å². The molecule has 7 heteroatoms. The van der Waals surface area contributed by atoms with Gasteiger partial charge in [-0.05, 0) is 31.6 Å². The first-order valence-electron chi connectivity index (χ1n) is 7.62. The van der Waals surface area contributed by atoms with Crippen molar-refractivity contribution in [3.05, 3.63) is 29.8 Å². The van der Waals surface area contributed by atoms with Crippen LogP contribution in [-0.2, 0) is 11.3 Å². The van der Waals surface area contributed by atoms with Crippen LogP contribution in [0, 0.1) is 0 Å². The number of para-hydroxylation sites is 1. The fourth-order valence-corrected chi connectivity index (χ4v) is 3.40. The van der Waals surface area contributed by atoms with E-state index in [4.69, 9.17) is 0 Å². The van der Waals surface area contributed by atoms with Crippen LogP contribution < -0.4 is 10.6 Å². The van der Waals surface area contributed by atoms with Crippen molar-refractivity contribution in [2.45, 2.75) is 19.4 Å². The van der Waals surface area contributed by atoms with Crippen LogP contribution >= 0.6 is 36.6 Å². The molecular formula is C16H27Cl2N3OS. The lowest BCUT2D eigenvalue weighted by Crippen LogP contribution is -2.32. The first-order valence-corrected chi connectivity index (χ1v) is 8.77. The molecule has 0 atom stereocenters. The Balaban J connectivity index is 0.00000242. The lowest BCUT2D eigenvalue weighted by molar-refractivity contribution is -0.116. The molecule has 2 N–H and O–H groups in total. The number of carbonyl (C=O) groups excluding carboxylic acids is 1. The summed E-state index contributed by atoms with van der Waals surface area (Å²) < 4.78 is 0. The fourth-order valence-electron chi connectivity index (χ4n) is 2.42. The summed E-state index contributed by atoms with van der Waals surface area (Å²) in [4.78, 5) is 14.4. The average molecular weight is 380 g/mol. The molecule has 0 radical (unpaired) electrons. The van der Waals surface area contributed by atoms with Crippen molar-refractivity contribution in [3.8, 4) is 0 Å². The molecule has 4 nitrogen and oxygen atoms in total. The molecule has 1 aromatic carbocycles. The van der Waals surface area contributed by atoms with Crippen molar-refractivity contribution in [1.82, 2.24) is 10.2 Å². The molecule has 132 valence electrons. The Morgan fingerprint density at radius 1 is 1.22 bits per heavy atom. The maximum absolute atomic E-state index is 12.0. The number of thioether (sulfide) groups is 1. The summed E-state index contributed by atoms with van der Waals surface area (Å²) in [6.45, 7) is 4.07. The third kappa shape index (κ3) is 8.27. The Morgan fingerprint density at radius 3 is 2.61 bits per heavy atom. The molecule has 1 aromatic rings. The van der Waals surface area contributed by atoms with Gasteiger partial charge in [-0.3, -0.25) is 9.69 Å². The van der Waals surface area contributed by atoms with Gasteiger partial charge in [0.2, 0.25) is 5.91 Å². The van der Waals surface area contributed by atoms with Gasteiger partial charge < -0.3 is 10.6 Å². The quantitative estimate of drug-likeness (QED) is 0.714. The Hall–Kier alpha value is -0.460. The van der Waals surface area contributed by atoms with Gasteiger partial charge in [0, 0.05) is 43.2 Å². The molecule has 0 spiro atoms. The van der Waals surface area contributed by atoms with Gasteiger partial charge >= 0.3 is 0 Å². The van der Waals surface area contributed by atoms with Gasteiger partial charge in [-0.2, -0.15) is 11.8 Å². The van der Waals surface area contributed by atoms with Crippen molar-refractivity contribution in [3.63, 3.8) is 0 Å². The second-order valence-corrected chi connectivity index (χ2v) is 6.53. The second-order valence-electron chi connectivity index (χ2n) is 5.30. The van der Waals surface area contributed by atoms with E-state index >= 15 is 0 Å². The summed E-state index contributed by atoms with van der Waals surface area (Å²) in [5.41, 5.74) is 2.18. The summed E-state index contributed by atoms with van der Waals surface area (Å²) in [5.74, 6) is 2.52. The van der Waals surface area contributed by atoms with Gasteiger partial charge in [0.25, 0.3) is 0 Å². The molecule has 0 aromatic heterocycles.